The van der Waals surface area contributed by atoms with Crippen LogP contribution >= 0.6 is 0 Å². The molecule has 4 nitrogen and oxygen atoms in total. The van der Waals surface area contributed by atoms with Crippen molar-refractivity contribution in [3.63, 3.8) is 0 Å². The minimum atomic E-state index is -0.288. The summed E-state index contributed by atoms with van der Waals surface area (Å²) in [4.78, 5) is 17.5. The molecule has 2 aliphatic rings. The molecule has 0 bridgehead atoms. The molecule has 2 aliphatic heterocycles. The number of likely N-dealkylation sites (tertiary alicyclic amines) is 1. The zero-order valence-electron chi connectivity index (χ0n) is 17.2. The first-order chi connectivity index (χ1) is 14.2. The number of nitrogens with zero attached hydrogens (tertiary/aromatic N) is 2. The topological polar surface area (TPSA) is 43.8 Å². The fourth-order valence-electron chi connectivity index (χ4n) is 4.74. The Morgan fingerprint density at radius 1 is 0.931 bits per heavy atom. The van der Waals surface area contributed by atoms with Gasteiger partial charge in [-0.05, 0) is 62.1 Å². The highest BCUT2D eigenvalue weighted by atomic mass is 16.3. The Labute approximate surface area is 174 Å². The monoisotopic (exact) mass is 392 g/mol. The number of amides is 1. The Kier molecular flexibility index (Phi) is 6.50. The highest BCUT2D eigenvalue weighted by molar-refractivity contribution is 6.00. The molecule has 154 valence electrons. The molecule has 0 radical (unpaired) electrons. The fourth-order valence-corrected chi connectivity index (χ4v) is 4.74. The average molecular weight is 393 g/mol. The van der Waals surface area contributed by atoms with Gasteiger partial charge in [0.15, 0.2) is 0 Å². The van der Waals surface area contributed by atoms with E-state index in [0.29, 0.717) is 0 Å². The molecular formula is C25H32N2O2. The minimum Gasteiger partial charge on any atom is -0.393 e. The molecule has 0 spiro atoms. The number of aryl methyl sites for hydroxylation is 1. The zero-order valence-corrected chi connectivity index (χ0v) is 17.2. The molecule has 4 heteroatoms. The second-order valence-corrected chi connectivity index (χ2v) is 8.43. The number of carbonyl (C=O) groups is 1. The first kappa shape index (κ1) is 20.0. The van der Waals surface area contributed by atoms with Crippen LogP contribution in [0, 0.1) is 5.92 Å². The number of aliphatic hydroxyl groups is 1. The van der Waals surface area contributed by atoms with Crippen LogP contribution in [-0.2, 0) is 6.42 Å². The lowest BCUT2D eigenvalue weighted by atomic mass is 9.88. The van der Waals surface area contributed by atoms with Crippen LogP contribution in [0.25, 0.3) is 0 Å². The lowest BCUT2D eigenvalue weighted by molar-refractivity contribution is 0.0437. The van der Waals surface area contributed by atoms with Gasteiger partial charge in [-0.3, -0.25) is 4.79 Å². The Balaban J connectivity index is 1.32. The van der Waals surface area contributed by atoms with E-state index >= 15 is 0 Å². The maximum atomic E-state index is 13.2. The van der Waals surface area contributed by atoms with Crippen LogP contribution in [0.2, 0.25) is 0 Å². The normalized spacial score (nSPS) is 18.8. The minimum absolute atomic E-state index is 0.143. The van der Waals surface area contributed by atoms with Gasteiger partial charge in [0, 0.05) is 31.9 Å². The number of aliphatic hydroxyl groups excluding tert-OH is 1. The van der Waals surface area contributed by atoms with E-state index in [1.54, 1.807) is 0 Å². The van der Waals surface area contributed by atoms with Crippen LogP contribution < -0.4 is 4.90 Å². The van der Waals surface area contributed by atoms with Crippen molar-refractivity contribution >= 4 is 11.6 Å². The van der Waals surface area contributed by atoms with Crippen molar-refractivity contribution in [2.45, 2.75) is 44.6 Å². The molecule has 2 heterocycles. The van der Waals surface area contributed by atoms with Crippen LogP contribution in [0.15, 0.2) is 54.6 Å². The van der Waals surface area contributed by atoms with Gasteiger partial charge in [-0.25, -0.2) is 0 Å². The smallest absolute Gasteiger partial charge is 0.255 e. The van der Waals surface area contributed by atoms with Crippen LogP contribution in [0.4, 0.5) is 5.69 Å². The summed E-state index contributed by atoms with van der Waals surface area (Å²) < 4.78 is 0. The molecule has 4 rings (SSSR count). The summed E-state index contributed by atoms with van der Waals surface area (Å²) in [5.41, 5.74) is 3.19. The Bertz CT molecular complexity index is 793. The van der Waals surface area contributed by atoms with Gasteiger partial charge in [-0.2, -0.15) is 0 Å². The Morgan fingerprint density at radius 2 is 1.59 bits per heavy atom. The highest BCUT2D eigenvalue weighted by Gasteiger charge is 2.29. The average Bonchev–Trinajstić information content (AvgIpc) is 3.33. The summed E-state index contributed by atoms with van der Waals surface area (Å²) in [7, 11) is 0. The van der Waals surface area contributed by atoms with E-state index in [2.05, 4.69) is 23.1 Å². The van der Waals surface area contributed by atoms with Crippen molar-refractivity contribution in [3.05, 3.63) is 65.7 Å². The lowest BCUT2D eigenvalue weighted by Gasteiger charge is -2.35. The highest BCUT2D eigenvalue weighted by Crippen LogP contribution is 2.28. The Morgan fingerprint density at radius 3 is 2.31 bits per heavy atom. The Hall–Kier alpha value is -2.33. The van der Waals surface area contributed by atoms with Gasteiger partial charge >= 0.3 is 0 Å². The summed E-state index contributed by atoms with van der Waals surface area (Å²) in [5.74, 6) is 0.432. The molecule has 0 aromatic heterocycles. The molecule has 2 aromatic rings. The number of rotatable bonds is 6. The van der Waals surface area contributed by atoms with E-state index in [9.17, 15) is 9.90 Å². The third-order valence-corrected chi connectivity index (χ3v) is 6.52. The standard InChI is InChI=1S/C25H32N2O2/c28-24(13-12-20-8-2-1-3-9-20)21-14-18-27(19-15-21)25(29)22-10-4-5-11-23(22)26-16-6-7-17-26/h1-5,8-11,21,24,28H,6-7,12-19H2/t24-/m0/s1. The lowest BCUT2D eigenvalue weighted by Crippen LogP contribution is -2.41. The molecule has 1 amide bonds. The van der Waals surface area contributed by atoms with Crippen LogP contribution in [0.1, 0.15) is 48.0 Å². The SMILES string of the molecule is O=C(c1ccccc1N1CCCC1)N1CCC([C@@H](O)CCc2ccccc2)CC1. The van der Waals surface area contributed by atoms with Crippen LogP contribution in [0.5, 0.6) is 0 Å². The van der Waals surface area contributed by atoms with E-state index in [1.807, 2.05) is 41.3 Å². The van der Waals surface area contributed by atoms with Crippen molar-refractivity contribution in [1.82, 2.24) is 4.90 Å². The van der Waals surface area contributed by atoms with Gasteiger partial charge in [0.25, 0.3) is 5.91 Å². The summed E-state index contributed by atoms with van der Waals surface area (Å²) in [6.07, 6.45) is 5.58. The second kappa shape index (κ2) is 9.45. The molecule has 1 N–H and O–H groups in total. The molecule has 0 unspecified atom stereocenters. The molecule has 0 saturated carbocycles. The van der Waals surface area contributed by atoms with Gasteiger partial charge in [0.05, 0.1) is 11.7 Å². The van der Waals surface area contributed by atoms with Crippen LogP contribution in [-0.4, -0.2) is 48.2 Å². The van der Waals surface area contributed by atoms with Gasteiger partial charge in [0.1, 0.15) is 0 Å². The summed E-state index contributed by atoms with van der Waals surface area (Å²) >= 11 is 0. The quantitative estimate of drug-likeness (QED) is 0.804. The van der Waals surface area contributed by atoms with Crippen molar-refractivity contribution in [1.29, 1.82) is 0 Å². The van der Waals surface area contributed by atoms with E-state index in [4.69, 9.17) is 0 Å². The largest absolute Gasteiger partial charge is 0.393 e. The molecular weight excluding hydrogens is 360 g/mol. The number of anilines is 1. The van der Waals surface area contributed by atoms with Crippen molar-refractivity contribution in [2.24, 2.45) is 5.92 Å². The van der Waals surface area contributed by atoms with Gasteiger partial charge in [-0.15, -0.1) is 0 Å². The number of hydrogen-bond donors (Lipinski definition) is 1. The van der Waals surface area contributed by atoms with Gasteiger partial charge in [-0.1, -0.05) is 42.5 Å². The predicted octanol–water partition coefficient (Wildman–Crippen LogP) is 4.13. The van der Waals surface area contributed by atoms with Crippen molar-refractivity contribution < 1.29 is 9.90 Å². The summed E-state index contributed by atoms with van der Waals surface area (Å²) in [5, 5.41) is 10.7. The molecule has 2 fully saturated rings. The summed E-state index contributed by atoms with van der Waals surface area (Å²) in [6.45, 7) is 3.56. The van der Waals surface area contributed by atoms with E-state index in [-0.39, 0.29) is 17.9 Å². The van der Waals surface area contributed by atoms with Crippen molar-refractivity contribution in [2.75, 3.05) is 31.1 Å². The number of hydrogen-bond acceptors (Lipinski definition) is 3. The third kappa shape index (κ3) is 4.81. The van der Waals surface area contributed by atoms with E-state index in [1.165, 1.54) is 18.4 Å². The van der Waals surface area contributed by atoms with Gasteiger partial charge < -0.3 is 14.9 Å². The summed E-state index contributed by atoms with van der Waals surface area (Å²) in [6, 6.07) is 18.4. The van der Waals surface area contributed by atoms with E-state index < -0.39 is 0 Å². The van der Waals surface area contributed by atoms with Gasteiger partial charge in [0.2, 0.25) is 0 Å². The van der Waals surface area contributed by atoms with E-state index in [0.717, 1.165) is 63.1 Å². The number of piperidine rings is 1. The fraction of sp³-hybridized carbons (Fsp3) is 0.480. The van der Waals surface area contributed by atoms with Crippen molar-refractivity contribution in [3.8, 4) is 0 Å². The zero-order chi connectivity index (χ0) is 20.1. The van der Waals surface area contributed by atoms with Crippen LogP contribution in [0.3, 0.4) is 0 Å². The maximum Gasteiger partial charge on any atom is 0.255 e. The number of carbonyl (C=O) groups excluding carboxylic acids is 1. The first-order valence-corrected chi connectivity index (χ1v) is 11.1. The first-order valence-electron chi connectivity index (χ1n) is 11.1. The second-order valence-electron chi connectivity index (χ2n) is 8.43. The predicted molar refractivity (Wildman–Crippen MR) is 117 cm³/mol. The molecule has 2 saturated heterocycles. The maximum absolute atomic E-state index is 13.2. The molecule has 0 aliphatic carbocycles. The number of benzene rings is 2. The molecule has 2 aromatic carbocycles. The number of para-hydroxylation sites is 1. The third-order valence-electron chi connectivity index (χ3n) is 6.52. The molecule has 29 heavy (non-hydrogen) atoms. The molecule has 1 atom stereocenters.